The monoisotopic (exact) mass is 425 g/mol. The summed E-state index contributed by atoms with van der Waals surface area (Å²) in [5, 5.41) is 9.19. The van der Waals surface area contributed by atoms with Gasteiger partial charge in [-0.2, -0.15) is 0 Å². The third-order valence-corrected chi connectivity index (χ3v) is 5.92. The fourth-order valence-electron chi connectivity index (χ4n) is 2.82. The zero-order valence-electron chi connectivity index (χ0n) is 14.9. The van der Waals surface area contributed by atoms with Gasteiger partial charge >= 0.3 is 5.97 Å². The maximum atomic E-state index is 12.8. The SMILES string of the molecule is O=C(O)c1ccc(NS(=O)(=O)c2cc(Cl)ccc2OCC2CCCCO2)cc1. The first kappa shape index (κ1) is 20.4. The number of nitrogens with one attached hydrogen (secondary N) is 1. The normalized spacial score (nSPS) is 17.1. The lowest BCUT2D eigenvalue weighted by atomic mass is 10.1. The van der Waals surface area contributed by atoms with E-state index in [1.807, 2.05) is 0 Å². The number of halogens is 1. The molecule has 7 nitrogen and oxygen atoms in total. The Morgan fingerprint density at radius 1 is 1.21 bits per heavy atom. The van der Waals surface area contributed by atoms with Crippen LogP contribution in [-0.4, -0.2) is 38.8 Å². The predicted octanol–water partition coefficient (Wildman–Crippen LogP) is 3.79. The van der Waals surface area contributed by atoms with E-state index < -0.39 is 16.0 Å². The van der Waals surface area contributed by atoms with Crippen molar-refractivity contribution in [1.82, 2.24) is 0 Å². The molecule has 1 aliphatic rings. The van der Waals surface area contributed by atoms with E-state index in [-0.39, 0.29) is 39.6 Å². The highest BCUT2D eigenvalue weighted by molar-refractivity contribution is 7.92. The van der Waals surface area contributed by atoms with Gasteiger partial charge in [-0.25, -0.2) is 13.2 Å². The van der Waals surface area contributed by atoms with E-state index in [0.717, 1.165) is 19.3 Å². The predicted molar refractivity (Wildman–Crippen MR) is 105 cm³/mol. The summed E-state index contributed by atoms with van der Waals surface area (Å²) in [6.45, 7) is 0.922. The summed E-state index contributed by atoms with van der Waals surface area (Å²) in [4.78, 5) is 10.8. The Hall–Kier alpha value is -2.29. The van der Waals surface area contributed by atoms with Gasteiger partial charge in [0.2, 0.25) is 0 Å². The third-order valence-electron chi connectivity index (χ3n) is 4.28. The van der Waals surface area contributed by atoms with Crippen LogP contribution in [0, 0.1) is 0 Å². The smallest absolute Gasteiger partial charge is 0.335 e. The number of carboxylic acid groups (broad SMARTS) is 1. The topological polar surface area (TPSA) is 102 Å². The van der Waals surface area contributed by atoms with Gasteiger partial charge < -0.3 is 14.6 Å². The molecule has 1 aliphatic heterocycles. The first-order valence-corrected chi connectivity index (χ1v) is 10.6. The summed E-state index contributed by atoms with van der Waals surface area (Å²) in [7, 11) is -4.00. The largest absolute Gasteiger partial charge is 0.489 e. The molecule has 0 bridgehead atoms. The lowest BCUT2D eigenvalue weighted by molar-refractivity contribution is -0.0116. The van der Waals surface area contributed by atoms with E-state index >= 15 is 0 Å². The highest BCUT2D eigenvalue weighted by Crippen LogP contribution is 2.30. The number of anilines is 1. The van der Waals surface area contributed by atoms with E-state index in [9.17, 15) is 13.2 Å². The molecule has 0 spiro atoms. The molecule has 1 heterocycles. The Morgan fingerprint density at radius 2 is 1.96 bits per heavy atom. The molecule has 2 N–H and O–H groups in total. The van der Waals surface area contributed by atoms with Gasteiger partial charge in [-0.1, -0.05) is 11.6 Å². The van der Waals surface area contributed by atoms with Gasteiger partial charge in [0.25, 0.3) is 10.0 Å². The maximum Gasteiger partial charge on any atom is 0.335 e. The number of sulfonamides is 1. The van der Waals surface area contributed by atoms with E-state index in [0.29, 0.717) is 6.61 Å². The van der Waals surface area contributed by atoms with E-state index in [4.69, 9.17) is 26.2 Å². The number of ether oxygens (including phenoxy) is 2. The quantitative estimate of drug-likeness (QED) is 0.699. The molecule has 2 aromatic rings. The van der Waals surface area contributed by atoms with Crippen LogP contribution in [0.3, 0.4) is 0 Å². The standard InChI is InChI=1S/C19H20ClNO6S/c20-14-6-9-17(27-12-16-3-1-2-10-26-16)18(11-14)28(24,25)21-15-7-4-13(5-8-15)19(22)23/h4-9,11,16,21H,1-3,10,12H2,(H,22,23). The summed E-state index contributed by atoms with van der Waals surface area (Å²) >= 11 is 5.99. The molecule has 1 unspecified atom stereocenters. The van der Waals surface area contributed by atoms with E-state index in [1.54, 1.807) is 6.07 Å². The fraction of sp³-hybridized carbons (Fsp3) is 0.316. The van der Waals surface area contributed by atoms with Crippen LogP contribution in [0.15, 0.2) is 47.4 Å². The second-order valence-electron chi connectivity index (χ2n) is 6.38. The van der Waals surface area contributed by atoms with Gasteiger partial charge in [-0.3, -0.25) is 4.72 Å². The average Bonchev–Trinajstić information content (AvgIpc) is 2.68. The summed E-state index contributed by atoms with van der Waals surface area (Å²) in [5.41, 5.74) is 0.286. The first-order valence-electron chi connectivity index (χ1n) is 8.75. The minimum Gasteiger partial charge on any atom is -0.489 e. The second kappa shape index (κ2) is 8.81. The number of benzene rings is 2. The van der Waals surface area contributed by atoms with Crippen molar-refractivity contribution in [3.63, 3.8) is 0 Å². The zero-order chi connectivity index (χ0) is 20.1. The van der Waals surface area contributed by atoms with Crippen molar-refractivity contribution in [2.45, 2.75) is 30.3 Å². The number of hydrogen-bond acceptors (Lipinski definition) is 5. The van der Waals surface area contributed by atoms with Crippen molar-refractivity contribution in [2.24, 2.45) is 0 Å². The van der Waals surface area contributed by atoms with Gasteiger partial charge in [-0.05, 0) is 61.7 Å². The Balaban J connectivity index is 1.79. The third kappa shape index (κ3) is 5.15. The van der Waals surface area contributed by atoms with Gasteiger partial charge in [0, 0.05) is 17.3 Å². The van der Waals surface area contributed by atoms with Crippen LogP contribution >= 0.6 is 11.6 Å². The van der Waals surface area contributed by atoms with Crippen LogP contribution in [0.5, 0.6) is 5.75 Å². The number of carbonyl (C=O) groups is 1. The molecule has 0 radical (unpaired) electrons. The minimum absolute atomic E-state index is 0.0576. The van der Waals surface area contributed by atoms with Crippen LogP contribution < -0.4 is 9.46 Å². The van der Waals surface area contributed by atoms with Crippen LogP contribution in [0.4, 0.5) is 5.69 Å². The van der Waals surface area contributed by atoms with Crippen LogP contribution in [0.1, 0.15) is 29.6 Å². The fourth-order valence-corrected chi connectivity index (χ4v) is 4.29. The Bertz CT molecular complexity index is 939. The molecule has 1 saturated heterocycles. The Labute approximate surface area is 168 Å². The van der Waals surface area contributed by atoms with Gasteiger partial charge in [0.15, 0.2) is 0 Å². The average molecular weight is 426 g/mol. The highest BCUT2D eigenvalue weighted by Gasteiger charge is 2.22. The second-order valence-corrected chi connectivity index (χ2v) is 8.47. The lowest BCUT2D eigenvalue weighted by Gasteiger charge is -2.23. The van der Waals surface area contributed by atoms with Crippen LogP contribution in [-0.2, 0) is 14.8 Å². The van der Waals surface area contributed by atoms with Crippen molar-refractivity contribution in [3.8, 4) is 5.75 Å². The van der Waals surface area contributed by atoms with Crippen molar-refractivity contribution in [3.05, 3.63) is 53.1 Å². The molecule has 9 heteroatoms. The molecule has 0 aromatic heterocycles. The molecule has 150 valence electrons. The van der Waals surface area contributed by atoms with Crippen LogP contribution in [0.25, 0.3) is 0 Å². The first-order chi connectivity index (χ1) is 13.3. The summed E-state index contributed by atoms with van der Waals surface area (Å²) in [5.74, 6) is -0.918. The van der Waals surface area contributed by atoms with Gasteiger partial charge in [0.05, 0.1) is 11.7 Å². The zero-order valence-corrected chi connectivity index (χ0v) is 16.5. The molecule has 1 atom stereocenters. The summed E-state index contributed by atoms with van der Waals surface area (Å²) in [6, 6.07) is 9.76. The Kier molecular flexibility index (Phi) is 6.43. The number of carboxylic acids is 1. The van der Waals surface area contributed by atoms with Crippen LogP contribution in [0.2, 0.25) is 5.02 Å². The summed E-state index contributed by atoms with van der Waals surface area (Å²) in [6.07, 6.45) is 2.86. The molecule has 0 amide bonds. The molecular formula is C19H20ClNO6S. The molecule has 2 aromatic carbocycles. The molecule has 3 rings (SSSR count). The maximum absolute atomic E-state index is 12.8. The summed E-state index contributed by atoms with van der Waals surface area (Å²) < 4.78 is 39.4. The number of aromatic carboxylic acids is 1. The molecule has 0 saturated carbocycles. The van der Waals surface area contributed by atoms with E-state index in [2.05, 4.69) is 4.72 Å². The molecule has 28 heavy (non-hydrogen) atoms. The van der Waals surface area contributed by atoms with Crippen molar-refractivity contribution < 1.29 is 27.8 Å². The number of rotatable bonds is 7. The van der Waals surface area contributed by atoms with E-state index in [1.165, 1.54) is 36.4 Å². The molecule has 1 fully saturated rings. The molecule has 0 aliphatic carbocycles. The van der Waals surface area contributed by atoms with Gasteiger partial charge in [0.1, 0.15) is 17.3 Å². The van der Waals surface area contributed by atoms with Crippen molar-refractivity contribution in [1.29, 1.82) is 0 Å². The Morgan fingerprint density at radius 3 is 2.61 bits per heavy atom. The number of hydrogen-bond donors (Lipinski definition) is 2. The molecular weight excluding hydrogens is 406 g/mol. The van der Waals surface area contributed by atoms with Gasteiger partial charge in [-0.15, -0.1) is 0 Å². The minimum atomic E-state index is -4.00. The highest BCUT2D eigenvalue weighted by atomic mass is 35.5. The lowest BCUT2D eigenvalue weighted by Crippen LogP contribution is -2.26. The van der Waals surface area contributed by atoms with Crippen molar-refractivity contribution in [2.75, 3.05) is 17.9 Å². The van der Waals surface area contributed by atoms with Crippen molar-refractivity contribution >= 4 is 33.3 Å².